The number of nitrogen functional groups attached to an aromatic ring is 1. The Hall–Kier alpha value is -4.27. The van der Waals surface area contributed by atoms with Crippen LogP contribution in [0.15, 0.2) is 67.0 Å². The third-order valence-electron chi connectivity index (χ3n) is 5.53. The van der Waals surface area contributed by atoms with Crippen LogP contribution < -0.4 is 16.4 Å². The molecule has 0 spiro atoms. The van der Waals surface area contributed by atoms with Gasteiger partial charge in [0.15, 0.2) is 11.5 Å². The van der Waals surface area contributed by atoms with Crippen LogP contribution in [0, 0.1) is 5.82 Å². The first kappa shape index (κ1) is 21.9. The van der Waals surface area contributed by atoms with Crippen molar-refractivity contribution in [3.8, 4) is 0 Å². The number of rotatable bonds is 3. The van der Waals surface area contributed by atoms with Crippen molar-refractivity contribution in [2.75, 3.05) is 10.6 Å². The van der Waals surface area contributed by atoms with Crippen LogP contribution in [0.3, 0.4) is 0 Å². The summed E-state index contributed by atoms with van der Waals surface area (Å²) in [5.41, 5.74) is 13.0. The molecular formula is C24H23FN6O2. The molecule has 2 amide bonds. The second-order valence-electron chi connectivity index (χ2n) is 7.56. The van der Waals surface area contributed by atoms with Gasteiger partial charge in [-0.25, -0.2) is 13.9 Å². The number of hydrogen-bond donors (Lipinski definition) is 2. The van der Waals surface area contributed by atoms with Gasteiger partial charge < -0.3 is 16.4 Å². The Kier molecular flexibility index (Phi) is 6.03. The topological polar surface area (TPSA) is 120 Å². The molecule has 5 rings (SSSR count). The number of nitrogens with zero attached hydrogens (tertiary/aromatic N) is 4. The Morgan fingerprint density at radius 2 is 1.91 bits per heavy atom. The van der Waals surface area contributed by atoms with Gasteiger partial charge in [-0.05, 0) is 42.7 Å². The molecule has 3 heterocycles. The van der Waals surface area contributed by atoms with Gasteiger partial charge in [-0.1, -0.05) is 37.3 Å². The normalized spacial score (nSPS) is 15.0. The summed E-state index contributed by atoms with van der Waals surface area (Å²) in [5, 5.41) is 3.87. The lowest BCUT2D eigenvalue weighted by molar-refractivity contribution is 0.0960. The number of carbonyl (C=O) groups excluding carboxylic acids is 2. The highest BCUT2D eigenvalue weighted by Gasteiger charge is 2.34. The summed E-state index contributed by atoms with van der Waals surface area (Å²) in [5.74, 6) is -1.18. The molecule has 0 radical (unpaired) electrons. The van der Waals surface area contributed by atoms with E-state index in [4.69, 9.17) is 11.5 Å². The van der Waals surface area contributed by atoms with E-state index in [9.17, 15) is 14.0 Å². The van der Waals surface area contributed by atoms with Crippen molar-refractivity contribution in [3.05, 3.63) is 89.5 Å². The maximum Gasteiger partial charge on any atom is 0.261 e. The number of anilines is 2. The molecule has 0 fully saturated rings. The van der Waals surface area contributed by atoms with Gasteiger partial charge in [0.25, 0.3) is 11.8 Å². The Morgan fingerprint density at radius 1 is 1.15 bits per heavy atom. The molecule has 1 aliphatic heterocycles. The summed E-state index contributed by atoms with van der Waals surface area (Å²) in [4.78, 5) is 29.3. The smallest absolute Gasteiger partial charge is 0.261 e. The molecular weight excluding hydrogens is 423 g/mol. The van der Waals surface area contributed by atoms with Crippen molar-refractivity contribution in [3.63, 3.8) is 0 Å². The quantitative estimate of drug-likeness (QED) is 0.501. The lowest BCUT2D eigenvalue weighted by Gasteiger charge is -2.36. The van der Waals surface area contributed by atoms with Gasteiger partial charge in [0.2, 0.25) is 0 Å². The van der Waals surface area contributed by atoms with Crippen molar-refractivity contribution in [2.45, 2.75) is 25.8 Å². The van der Waals surface area contributed by atoms with Gasteiger partial charge in [0.05, 0.1) is 5.56 Å². The SMILES string of the molecule is CCC1Cc2cccc(F)c2C(=O)N1c1ccccc1.NC(=O)c1c(N)nn2cccnc12. The van der Waals surface area contributed by atoms with Crippen LogP contribution in [-0.4, -0.2) is 32.5 Å². The average Bonchev–Trinajstić information content (AvgIpc) is 3.15. The maximum absolute atomic E-state index is 14.0. The van der Waals surface area contributed by atoms with Crippen molar-refractivity contribution in [1.82, 2.24) is 14.6 Å². The van der Waals surface area contributed by atoms with E-state index in [1.165, 1.54) is 10.6 Å². The highest BCUT2D eigenvalue weighted by molar-refractivity contribution is 6.09. The highest BCUT2D eigenvalue weighted by Crippen LogP contribution is 2.31. The Labute approximate surface area is 189 Å². The zero-order valence-corrected chi connectivity index (χ0v) is 18.0. The van der Waals surface area contributed by atoms with Gasteiger partial charge in [-0.3, -0.25) is 9.59 Å². The molecule has 168 valence electrons. The molecule has 9 heteroatoms. The van der Waals surface area contributed by atoms with Gasteiger partial charge in [0.1, 0.15) is 11.4 Å². The molecule has 0 saturated heterocycles. The third-order valence-corrected chi connectivity index (χ3v) is 5.53. The summed E-state index contributed by atoms with van der Waals surface area (Å²) < 4.78 is 15.4. The van der Waals surface area contributed by atoms with E-state index < -0.39 is 11.7 Å². The lowest BCUT2D eigenvalue weighted by Crippen LogP contribution is -2.46. The van der Waals surface area contributed by atoms with Crippen LogP contribution in [0.1, 0.15) is 39.6 Å². The molecule has 33 heavy (non-hydrogen) atoms. The summed E-state index contributed by atoms with van der Waals surface area (Å²) in [6.45, 7) is 2.05. The summed E-state index contributed by atoms with van der Waals surface area (Å²) in [6.07, 6.45) is 4.73. The van der Waals surface area contributed by atoms with Crippen LogP contribution in [-0.2, 0) is 6.42 Å². The number of amides is 2. The fourth-order valence-electron chi connectivity index (χ4n) is 3.99. The van der Waals surface area contributed by atoms with Crippen LogP contribution in [0.5, 0.6) is 0 Å². The number of hydrogen-bond acceptors (Lipinski definition) is 5. The zero-order valence-electron chi connectivity index (χ0n) is 18.0. The number of benzene rings is 2. The number of fused-ring (bicyclic) bond motifs is 2. The Morgan fingerprint density at radius 3 is 2.61 bits per heavy atom. The number of aromatic nitrogens is 3. The van der Waals surface area contributed by atoms with Gasteiger partial charge in [-0.15, -0.1) is 5.10 Å². The van der Waals surface area contributed by atoms with Crippen molar-refractivity contribution in [2.24, 2.45) is 5.73 Å². The predicted molar refractivity (Wildman–Crippen MR) is 123 cm³/mol. The number of para-hydroxylation sites is 1. The molecule has 8 nitrogen and oxygen atoms in total. The number of carbonyl (C=O) groups is 2. The van der Waals surface area contributed by atoms with E-state index in [2.05, 4.69) is 17.0 Å². The molecule has 0 bridgehead atoms. The molecule has 0 aliphatic carbocycles. The first-order chi connectivity index (χ1) is 15.9. The maximum atomic E-state index is 14.0. The van der Waals surface area contributed by atoms with E-state index in [-0.39, 0.29) is 28.9 Å². The number of halogens is 1. The number of primary amides is 1. The first-order valence-electron chi connectivity index (χ1n) is 10.5. The lowest BCUT2D eigenvalue weighted by atomic mass is 9.91. The second-order valence-corrected chi connectivity index (χ2v) is 7.56. The largest absolute Gasteiger partial charge is 0.381 e. The van der Waals surface area contributed by atoms with E-state index in [1.54, 1.807) is 29.4 Å². The number of nitrogens with two attached hydrogens (primary N) is 2. The molecule has 4 aromatic rings. The Bertz CT molecular complexity index is 1320. The van der Waals surface area contributed by atoms with Gasteiger partial charge in [0, 0.05) is 24.1 Å². The standard InChI is InChI=1S/C17H16FNO.C7H7N5O/c1-2-13-11-12-7-6-10-15(18)16(12)17(20)19(13)14-8-4-3-5-9-14;8-5-4(6(9)13)7-10-2-1-3-12(7)11-5/h3-10,13H,2,11H2,1H3;1-3H,(H2,8,11)(H2,9,13). The van der Waals surface area contributed by atoms with Crippen LogP contribution >= 0.6 is 0 Å². The average molecular weight is 446 g/mol. The molecule has 1 aliphatic rings. The van der Waals surface area contributed by atoms with Crippen molar-refractivity contribution in [1.29, 1.82) is 0 Å². The monoisotopic (exact) mass is 446 g/mol. The molecule has 0 saturated carbocycles. The minimum absolute atomic E-state index is 0.0826. The van der Waals surface area contributed by atoms with Gasteiger partial charge >= 0.3 is 0 Å². The Balaban J connectivity index is 0.000000172. The van der Waals surface area contributed by atoms with E-state index in [0.717, 1.165) is 17.7 Å². The second kappa shape index (κ2) is 9.07. The van der Waals surface area contributed by atoms with Crippen molar-refractivity contribution < 1.29 is 14.0 Å². The highest BCUT2D eigenvalue weighted by atomic mass is 19.1. The fraction of sp³-hybridized carbons (Fsp3) is 0.167. The summed E-state index contributed by atoms with van der Waals surface area (Å²) >= 11 is 0. The molecule has 4 N–H and O–H groups in total. The van der Waals surface area contributed by atoms with Crippen LogP contribution in [0.2, 0.25) is 0 Å². The first-order valence-corrected chi connectivity index (χ1v) is 10.5. The van der Waals surface area contributed by atoms with Crippen molar-refractivity contribution >= 4 is 29.0 Å². The zero-order chi connectivity index (χ0) is 23.5. The molecule has 1 unspecified atom stereocenters. The minimum Gasteiger partial charge on any atom is -0.381 e. The molecule has 2 aromatic heterocycles. The summed E-state index contributed by atoms with van der Waals surface area (Å²) in [6, 6.07) is 16.1. The fourth-order valence-corrected chi connectivity index (χ4v) is 3.99. The van der Waals surface area contributed by atoms with Gasteiger partial charge in [-0.2, -0.15) is 0 Å². The van der Waals surface area contributed by atoms with E-state index in [1.807, 2.05) is 36.4 Å². The van der Waals surface area contributed by atoms with Crippen LogP contribution in [0.4, 0.5) is 15.9 Å². The van der Waals surface area contributed by atoms with Crippen LogP contribution in [0.25, 0.3) is 5.65 Å². The van der Waals surface area contributed by atoms with E-state index >= 15 is 0 Å². The molecule has 2 aromatic carbocycles. The minimum atomic E-state index is -0.619. The third kappa shape index (κ3) is 4.12. The van der Waals surface area contributed by atoms with E-state index in [0.29, 0.717) is 12.1 Å². The summed E-state index contributed by atoms with van der Waals surface area (Å²) in [7, 11) is 0. The molecule has 1 atom stereocenters. The predicted octanol–water partition coefficient (Wildman–Crippen LogP) is 3.22.